The summed E-state index contributed by atoms with van der Waals surface area (Å²) in [4.78, 5) is 28.3. The third-order valence-electron chi connectivity index (χ3n) is 5.68. The van der Waals surface area contributed by atoms with Gasteiger partial charge in [0.05, 0.1) is 33.3 Å². The number of nitrogens with zero attached hydrogens (tertiary/aromatic N) is 1. The molecule has 5 rings (SSSR count). The number of hydrogen-bond acceptors (Lipinski definition) is 6. The number of ether oxygens (including phenoxy) is 2. The first-order valence-corrected chi connectivity index (χ1v) is 12.0. The molecule has 2 heterocycles. The summed E-state index contributed by atoms with van der Waals surface area (Å²) in [5.74, 6) is -1.16. The van der Waals surface area contributed by atoms with Gasteiger partial charge in [-0.1, -0.05) is 22.9 Å². The number of hydrogen-bond donors (Lipinski definition) is 2. The Balaban J connectivity index is 1.29. The van der Waals surface area contributed by atoms with Gasteiger partial charge >= 0.3 is 12.1 Å². The number of alkyl halides is 3. The summed E-state index contributed by atoms with van der Waals surface area (Å²) in [6, 6.07) is 12.3. The van der Waals surface area contributed by atoms with E-state index in [0.29, 0.717) is 33.7 Å². The number of amides is 1. The first-order chi connectivity index (χ1) is 17.6. The molecular weight excluding hydrogens is 533 g/mol. The van der Waals surface area contributed by atoms with E-state index in [9.17, 15) is 27.9 Å². The molecular formula is C25H16ClF3N2O5S. The first kappa shape index (κ1) is 24.8. The number of nitrogens with one attached hydrogen (secondary N) is 1. The number of fused-ring (bicyclic) bond motifs is 2. The predicted octanol–water partition coefficient (Wildman–Crippen LogP) is 6.96. The van der Waals surface area contributed by atoms with Crippen LogP contribution in [-0.4, -0.2) is 28.6 Å². The van der Waals surface area contributed by atoms with Crippen molar-refractivity contribution in [1.29, 1.82) is 0 Å². The lowest BCUT2D eigenvalue weighted by Gasteiger charge is -2.24. The number of aliphatic carboxylic acids is 1. The average Bonchev–Trinajstić information content (AvgIpc) is 3.25. The second-order valence-electron chi connectivity index (χ2n) is 8.13. The fourth-order valence-electron chi connectivity index (χ4n) is 3.85. The zero-order valence-electron chi connectivity index (χ0n) is 18.6. The fraction of sp³-hybridized carbons (Fsp3) is 0.160. The van der Waals surface area contributed by atoms with Crippen molar-refractivity contribution in [2.45, 2.75) is 18.5 Å². The number of benzene rings is 3. The molecule has 12 heteroatoms. The summed E-state index contributed by atoms with van der Waals surface area (Å²) < 4.78 is 50.5. The number of rotatable bonds is 5. The smallest absolute Gasteiger partial charge is 0.416 e. The minimum absolute atomic E-state index is 0.167. The van der Waals surface area contributed by atoms with Gasteiger partial charge in [-0.15, -0.1) is 0 Å². The number of carboxylic acids is 1. The summed E-state index contributed by atoms with van der Waals surface area (Å²) >= 11 is 7.25. The van der Waals surface area contributed by atoms with Crippen LogP contribution < -0.4 is 14.8 Å². The first-order valence-electron chi connectivity index (χ1n) is 10.8. The van der Waals surface area contributed by atoms with Crippen LogP contribution in [0.2, 0.25) is 5.02 Å². The second-order valence-corrected chi connectivity index (χ2v) is 9.57. The molecule has 37 heavy (non-hydrogen) atoms. The van der Waals surface area contributed by atoms with Crippen molar-refractivity contribution >= 4 is 50.2 Å². The van der Waals surface area contributed by atoms with Crippen molar-refractivity contribution in [3.05, 3.63) is 76.3 Å². The molecule has 190 valence electrons. The third-order valence-corrected chi connectivity index (χ3v) is 6.91. The monoisotopic (exact) mass is 548 g/mol. The van der Waals surface area contributed by atoms with E-state index < -0.39 is 29.5 Å². The molecule has 2 N–H and O–H groups in total. The normalized spacial score (nSPS) is 15.1. The van der Waals surface area contributed by atoms with E-state index in [1.54, 1.807) is 12.1 Å². The highest BCUT2D eigenvalue weighted by molar-refractivity contribution is 7.22. The van der Waals surface area contributed by atoms with Crippen LogP contribution in [0.1, 0.15) is 33.8 Å². The number of halogens is 4. The molecule has 7 nitrogen and oxygen atoms in total. The largest absolute Gasteiger partial charge is 0.493 e. The maximum absolute atomic E-state index is 12.9. The van der Waals surface area contributed by atoms with Crippen LogP contribution in [0.15, 0.2) is 54.6 Å². The minimum atomic E-state index is -4.47. The van der Waals surface area contributed by atoms with E-state index in [1.165, 1.54) is 30.3 Å². The van der Waals surface area contributed by atoms with Gasteiger partial charge in [0.15, 0.2) is 5.13 Å². The molecule has 1 aliphatic heterocycles. The van der Waals surface area contributed by atoms with Crippen molar-refractivity contribution in [2.24, 2.45) is 0 Å². The van der Waals surface area contributed by atoms with Crippen molar-refractivity contribution in [3.63, 3.8) is 0 Å². The Morgan fingerprint density at radius 3 is 2.59 bits per heavy atom. The highest BCUT2D eigenvalue weighted by Crippen LogP contribution is 2.42. The summed E-state index contributed by atoms with van der Waals surface area (Å²) in [5, 5.41) is 12.4. The van der Waals surface area contributed by atoms with E-state index in [0.717, 1.165) is 23.5 Å². The highest BCUT2D eigenvalue weighted by atomic mass is 35.5. The zero-order valence-corrected chi connectivity index (χ0v) is 20.2. The average molecular weight is 549 g/mol. The maximum Gasteiger partial charge on any atom is 0.416 e. The molecule has 0 saturated heterocycles. The number of carbonyl (C=O) groups excluding carboxylic acids is 1. The Morgan fingerprint density at radius 1 is 1.14 bits per heavy atom. The Morgan fingerprint density at radius 2 is 1.89 bits per heavy atom. The van der Waals surface area contributed by atoms with E-state index in [1.807, 2.05) is 0 Å². The number of thiazole rings is 1. The lowest BCUT2D eigenvalue weighted by atomic mass is 9.93. The van der Waals surface area contributed by atoms with E-state index in [-0.39, 0.29) is 28.1 Å². The standard InChI is InChI=1S/C25H16ClF3N2O5S/c26-17-10-16-15(23(33)34)7-8-35-19(16)11-20(17)36-14-4-1-12(2-5-14)22(32)31-24-30-18-6-3-13(25(27,28)29)9-21(18)37-24/h1-6,9-11,15H,7-8H2,(H,33,34)(H,30,31,32). The molecule has 0 spiro atoms. The van der Waals surface area contributed by atoms with Crippen molar-refractivity contribution < 1.29 is 37.3 Å². The van der Waals surface area contributed by atoms with E-state index in [4.69, 9.17) is 21.1 Å². The Hall–Kier alpha value is -3.83. The van der Waals surface area contributed by atoms with Crippen molar-refractivity contribution in [3.8, 4) is 17.2 Å². The molecule has 3 aromatic carbocycles. The van der Waals surface area contributed by atoms with Crippen LogP contribution in [0.5, 0.6) is 17.2 Å². The fourth-order valence-corrected chi connectivity index (χ4v) is 4.96. The molecule has 0 bridgehead atoms. The number of carboxylic acid groups (broad SMARTS) is 1. The maximum atomic E-state index is 12.9. The lowest BCUT2D eigenvalue weighted by molar-refractivity contribution is -0.139. The molecule has 1 aromatic heterocycles. The lowest BCUT2D eigenvalue weighted by Crippen LogP contribution is -2.20. The van der Waals surface area contributed by atoms with Crippen molar-refractivity contribution in [2.75, 3.05) is 11.9 Å². The van der Waals surface area contributed by atoms with E-state index in [2.05, 4.69) is 10.3 Å². The summed E-state index contributed by atoms with van der Waals surface area (Å²) in [6.45, 7) is 0.257. The van der Waals surface area contributed by atoms with Gasteiger partial charge in [-0.2, -0.15) is 13.2 Å². The SMILES string of the molecule is O=C(Nc1nc2ccc(C(F)(F)F)cc2s1)c1ccc(Oc2cc3c(cc2Cl)C(C(=O)O)CCO3)cc1. The molecule has 1 atom stereocenters. The molecule has 1 aliphatic rings. The van der Waals surface area contributed by atoms with E-state index >= 15 is 0 Å². The summed E-state index contributed by atoms with van der Waals surface area (Å²) in [6.07, 6.45) is -4.13. The number of aromatic nitrogens is 1. The summed E-state index contributed by atoms with van der Waals surface area (Å²) in [5.41, 5.74) is 0.307. The molecule has 4 aromatic rings. The molecule has 0 fully saturated rings. The molecule has 1 unspecified atom stereocenters. The van der Waals surface area contributed by atoms with Gasteiger partial charge in [-0.3, -0.25) is 14.9 Å². The second kappa shape index (κ2) is 9.56. The topological polar surface area (TPSA) is 97.8 Å². The Bertz CT molecular complexity index is 1520. The van der Waals surface area contributed by atoms with Gasteiger partial charge in [-0.25, -0.2) is 4.98 Å². The quantitative estimate of drug-likeness (QED) is 0.280. The van der Waals surface area contributed by atoms with Crippen LogP contribution in [-0.2, 0) is 11.0 Å². The molecule has 0 saturated carbocycles. The third kappa shape index (κ3) is 5.18. The van der Waals surface area contributed by atoms with Crippen LogP contribution in [0.25, 0.3) is 10.2 Å². The van der Waals surface area contributed by atoms with Gasteiger partial charge in [0.2, 0.25) is 0 Å². The van der Waals surface area contributed by atoms with Gasteiger partial charge in [-0.05, 0) is 55.0 Å². The highest BCUT2D eigenvalue weighted by Gasteiger charge is 2.31. The van der Waals surface area contributed by atoms with Gasteiger partial charge in [0.1, 0.15) is 17.2 Å². The minimum Gasteiger partial charge on any atom is -0.493 e. The van der Waals surface area contributed by atoms with Crippen LogP contribution in [0.4, 0.5) is 18.3 Å². The Kier molecular flexibility index (Phi) is 6.42. The van der Waals surface area contributed by atoms with Crippen LogP contribution in [0, 0.1) is 0 Å². The van der Waals surface area contributed by atoms with Crippen LogP contribution in [0.3, 0.4) is 0 Å². The summed E-state index contributed by atoms with van der Waals surface area (Å²) in [7, 11) is 0. The van der Waals surface area contributed by atoms with Crippen LogP contribution >= 0.6 is 22.9 Å². The van der Waals surface area contributed by atoms with Gasteiger partial charge in [0.25, 0.3) is 5.91 Å². The molecule has 1 amide bonds. The van der Waals surface area contributed by atoms with Gasteiger partial charge in [0, 0.05) is 17.2 Å². The zero-order chi connectivity index (χ0) is 26.3. The Labute approximate surface area is 216 Å². The number of anilines is 1. The van der Waals surface area contributed by atoms with Gasteiger partial charge < -0.3 is 14.6 Å². The predicted molar refractivity (Wildman–Crippen MR) is 131 cm³/mol. The number of carbonyl (C=O) groups is 2. The van der Waals surface area contributed by atoms with Crippen molar-refractivity contribution in [1.82, 2.24) is 4.98 Å². The molecule has 0 radical (unpaired) electrons. The molecule has 0 aliphatic carbocycles.